The number of carboxylic acid groups (broad SMARTS) is 1. The number of hydrogen-bond donors (Lipinski definition) is 2. The van der Waals surface area contributed by atoms with Crippen LogP contribution in [0.25, 0.3) is 0 Å². The van der Waals surface area contributed by atoms with Crippen molar-refractivity contribution >= 4 is 17.7 Å². The zero-order valence-corrected chi connectivity index (χ0v) is 10.1. The smallest absolute Gasteiger partial charge is 0.320 e. The Kier molecular flexibility index (Phi) is 4.64. The Labute approximate surface area is 98.8 Å². The fourth-order valence-corrected chi connectivity index (χ4v) is 1.90. The van der Waals surface area contributed by atoms with Crippen molar-refractivity contribution in [1.29, 1.82) is 0 Å². The number of carbonyl (C=O) groups is 1. The van der Waals surface area contributed by atoms with Crippen molar-refractivity contribution in [3.8, 4) is 5.75 Å². The molecule has 88 valence electrons. The Bertz CT molecular complexity index is 381. The molecule has 0 aliphatic heterocycles. The molecule has 16 heavy (non-hydrogen) atoms. The van der Waals surface area contributed by atoms with Gasteiger partial charge in [0, 0.05) is 4.90 Å². The molecule has 4 nitrogen and oxygen atoms in total. The fourth-order valence-electron chi connectivity index (χ4n) is 1.35. The van der Waals surface area contributed by atoms with Gasteiger partial charge in [0.2, 0.25) is 0 Å². The third-order valence-electron chi connectivity index (χ3n) is 2.22. The van der Waals surface area contributed by atoms with Crippen molar-refractivity contribution in [3.63, 3.8) is 0 Å². The summed E-state index contributed by atoms with van der Waals surface area (Å²) in [5.41, 5.74) is 6.33. The van der Waals surface area contributed by atoms with E-state index in [4.69, 9.17) is 15.6 Å². The normalized spacial score (nSPS) is 12.2. The van der Waals surface area contributed by atoms with Crippen LogP contribution in [0.5, 0.6) is 5.75 Å². The van der Waals surface area contributed by atoms with E-state index in [1.807, 2.05) is 24.5 Å². The lowest BCUT2D eigenvalue weighted by molar-refractivity contribution is -0.138. The molecule has 0 amide bonds. The zero-order valence-electron chi connectivity index (χ0n) is 9.27. The Morgan fingerprint density at radius 1 is 1.62 bits per heavy atom. The van der Waals surface area contributed by atoms with Gasteiger partial charge >= 0.3 is 5.97 Å². The summed E-state index contributed by atoms with van der Waals surface area (Å²) in [6.07, 6.45) is 2.26. The molecule has 0 radical (unpaired) electrons. The number of aliphatic carboxylic acids is 1. The third kappa shape index (κ3) is 3.15. The van der Waals surface area contributed by atoms with Crippen LogP contribution in [-0.4, -0.2) is 30.5 Å². The number of ether oxygens (including phenoxy) is 1. The van der Waals surface area contributed by atoms with E-state index in [1.54, 1.807) is 18.9 Å². The van der Waals surface area contributed by atoms with E-state index in [9.17, 15) is 4.79 Å². The van der Waals surface area contributed by atoms with Crippen LogP contribution < -0.4 is 10.5 Å². The van der Waals surface area contributed by atoms with Crippen LogP contribution in [0.1, 0.15) is 5.56 Å². The largest absolute Gasteiger partial charge is 0.496 e. The van der Waals surface area contributed by atoms with E-state index in [0.29, 0.717) is 6.42 Å². The van der Waals surface area contributed by atoms with Crippen LogP contribution in [0.2, 0.25) is 0 Å². The van der Waals surface area contributed by atoms with E-state index < -0.39 is 12.0 Å². The first-order valence-electron chi connectivity index (χ1n) is 4.77. The molecule has 1 rings (SSSR count). The lowest BCUT2D eigenvalue weighted by Crippen LogP contribution is -2.32. The molecule has 0 spiro atoms. The van der Waals surface area contributed by atoms with Crippen LogP contribution in [0.3, 0.4) is 0 Å². The number of methoxy groups -OCH3 is 1. The van der Waals surface area contributed by atoms with Crippen molar-refractivity contribution in [1.82, 2.24) is 0 Å². The first kappa shape index (κ1) is 12.9. The van der Waals surface area contributed by atoms with E-state index >= 15 is 0 Å². The SMILES string of the molecule is COc1cc(CC(N)C(=O)O)ccc1SC. The van der Waals surface area contributed by atoms with Crippen LogP contribution >= 0.6 is 11.8 Å². The molecule has 0 saturated heterocycles. The van der Waals surface area contributed by atoms with Crippen LogP contribution in [0.4, 0.5) is 0 Å². The molecule has 0 aliphatic carbocycles. The Hall–Kier alpha value is -1.20. The molecule has 0 aromatic heterocycles. The van der Waals surface area contributed by atoms with Gasteiger partial charge in [0.05, 0.1) is 7.11 Å². The van der Waals surface area contributed by atoms with Gasteiger partial charge < -0.3 is 15.6 Å². The fraction of sp³-hybridized carbons (Fsp3) is 0.364. The summed E-state index contributed by atoms with van der Waals surface area (Å²) >= 11 is 1.58. The maximum atomic E-state index is 10.6. The van der Waals surface area contributed by atoms with Crippen LogP contribution in [0.15, 0.2) is 23.1 Å². The van der Waals surface area contributed by atoms with Crippen molar-refractivity contribution < 1.29 is 14.6 Å². The standard InChI is InChI=1S/C11H15NO3S/c1-15-9-6-7(3-4-10(9)16-2)5-8(12)11(13)14/h3-4,6,8H,5,12H2,1-2H3,(H,13,14). The summed E-state index contributed by atoms with van der Waals surface area (Å²) in [5, 5.41) is 8.71. The minimum atomic E-state index is -0.993. The molecule has 1 aromatic carbocycles. The van der Waals surface area contributed by atoms with Crippen molar-refractivity contribution in [2.75, 3.05) is 13.4 Å². The van der Waals surface area contributed by atoms with Gasteiger partial charge in [0.1, 0.15) is 11.8 Å². The highest BCUT2D eigenvalue weighted by Crippen LogP contribution is 2.28. The second kappa shape index (κ2) is 5.77. The molecule has 0 heterocycles. The summed E-state index contributed by atoms with van der Waals surface area (Å²) in [6.45, 7) is 0. The monoisotopic (exact) mass is 241 g/mol. The first-order valence-corrected chi connectivity index (χ1v) is 6.00. The van der Waals surface area contributed by atoms with Gasteiger partial charge in [-0.3, -0.25) is 4.79 Å². The third-order valence-corrected chi connectivity index (χ3v) is 3.00. The average Bonchev–Trinajstić information content (AvgIpc) is 2.28. The highest BCUT2D eigenvalue weighted by atomic mass is 32.2. The molecule has 0 aliphatic rings. The minimum absolute atomic E-state index is 0.306. The molecular weight excluding hydrogens is 226 g/mol. The van der Waals surface area contributed by atoms with E-state index in [0.717, 1.165) is 16.2 Å². The average molecular weight is 241 g/mol. The quantitative estimate of drug-likeness (QED) is 0.762. The summed E-state index contributed by atoms with van der Waals surface area (Å²) in [4.78, 5) is 11.6. The molecule has 0 fully saturated rings. The van der Waals surface area contributed by atoms with Crippen molar-refractivity contribution in [2.24, 2.45) is 5.73 Å². The summed E-state index contributed by atoms with van der Waals surface area (Å²) in [5.74, 6) is -0.240. The zero-order chi connectivity index (χ0) is 12.1. The maximum absolute atomic E-state index is 10.6. The van der Waals surface area contributed by atoms with Gasteiger partial charge in [-0.05, 0) is 30.4 Å². The van der Waals surface area contributed by atoms with Gasteiger partial charge in [0.15, 0.2) is 0 Å². The van der Waals surface area contributed by atoms with Crippen molar-refractivity contribution in [2.45, 2.75) is 17.4 Å². The van der Waals surface area contributed by atoms with E-state index in [-0.39, 0.29) is 0 Å². The molecule has 0 bridgehead atoms. The summed E-state index contributed by atoms with van der Waals surface area (Å²) < 4.78 is 5.21. The molecule has 5 heteroatoms. The molecule has 1 atom stereocenters. The number of thioether (sulfide) groups is 1. The van der Waals surface area contributed by atoms with Gasteiger partial charge in [-0.25, -0.2) is 0 Å². The van der Waals surface area contributed by atoms with E-state index in [1.165, 1.54) is 0 Å². The maximum Gasteiger partial charge on any atom is 0.320 e. The first-order chi connectivity index (χ1) is 7.58. The predicted molar refractivity (Wildman–Crippen MR) is 64.1 cm³/mol. The summed E-state index contributed by atoms with van der Waals surface area (Å²) in [7, 11) is 1.59. The Morgan fingerprint density at radius 3 is 2.81 bits per heavy atom. The molecular formula is C11H15NO3S. The van der Waals surface area contributed by atoms with Gasteiger partial charge in [0.25, 0.3) is 0 Å². The molecule has 1 aromatic rings. The number of nitrogens with two attached hydrogens (primary N) is 1. The van der Waals surface area contributed by atoms with Gasteiger partial charge in [-0.15, -0.1) is 11.8 Å². The molecule has 3 N–H and O–H groups in total. The number of benzene rings is 1. The Morgan fingerprint density at radius 2 is 2.31 bits per heavy atom. The number of hydrogen-bond acceptors (Lipinski definition) is 4. The lowest BCUT2D eigenvalue weighted by Gasteiger charge is -2.10. The second-order valence-electron chi connectivity index (χ2n) is 3.34. The second-order valence-corrected chi connectivity index (χ2v) is 4.19. The number of rotatable bonds is 5. The van der Waals surface area contributed by atoms with Crippen molar-refractivity contribution in [3.05, 3.63) is 23.8 Å². The van der Waals surface area contributed by atoms with Gasteiger partial charge in [-0.1, -0.05) is 6.07 Å². The topological polar surface area (TPSA) is 72.5 Å². The van der Waals surface area contributed by atoms with Gasteiger partial charge in [-0.2, -0.15) is 0 Å². The lowest BCUT2D eigenvalue weighted by atomic mass is 10.1. The van der Waals surface area contributed by atoms with E-state index in [2.05, 4.69) is 0 Å². The number of carboxylic acids is 1. The predicted octanol–water partition coefficient (Wildman–Crippen LogP) is 1.37. The Balaban J connectivity index is 2.86. The highest BCUT2D eigenvalue weighted by molar-refractivity contribution is 7.98. The van der Waals surface area contributed by atoms with Crippen LogP contribution in [-0.2, 0) is 11.2 Å². The molecule has 1 unspecified atom stereocenters. The molecule has 0 saturated carbocycles. The highest BCUT2D eigenvalue weighted by Gasteiger charge is 2.13. The summed E-state index contributed by atoms with van der Waals surface area (Å²) in [6, 6.07) is 4.74. The van der Waals surface area contributed by atoms with Crippen LogP contribution in [0, 0.1) is 0 Å². The minimum Gasteiger partial charge on any atom is -0.496 e.